The Morgan fingerprint density at radius 2 is 1.79 bits per heavy atom. The first-order valence-corrected chi connectivity index (χ1v) is 9.54. The molecule has 28 heavy (non-hydrogen) atoms. The van der Waals surface area contributed by atoms with Crippen molar-refractivity contribution in [3.8, 4) is 0 Å². The number of aromatic nitrogens is 3. The van der Waals surface area contributed by atoms with Gasteiger partial charge in [0.15, 0.2) is 0 Å². The minimum absolute atomic E-state index is 0.0344. The molecule has 3 heterocycles. The van der Waals surface area contributed by atoms with E-state index in [9.17, 15) is 4.79 Å². The van der Waals surface area contributed by atoms with E-state index in [0.29, 0.717) is 18.7 Å². The monoisotopic (exact) mass is 373 g/mol. The second-order valence-electron chi connectivity index (χ2n) is 7.04. The molecule has 3 aromatic rings. The lowest BCUT2D eigenvalue weighted by molar-refractivity contribution is 0.0747. The fraction of sp³-hybridized carbons (Fsp3) is 0.273. The highest BCUT2D eigenvalue weighted by atomic mass is 16.2. The molecule has 0 aliphatic carbocycles. The summed E-state index contributed by atoms with van der Waals surface area (Å²) in [5.74, 6) is 0.298. The Hall–Kier alpha value is -3.28. The number of amides is 1. The van der Waals surface area contributed by atoms with Gasteiger partial charge >= 0.3 is 0 Å². The molecule has 1 aromatic carbocycles. The SMILES string of the molecule is O=C(c1cccnc1)N1CCN(c2ccccc2)C[C@@H](Cc2cnccn2)C1. The number of carbonyl (C=O) groups excluding carboxylic acids is 1. The third kappa shape index (κ3) is 4.34. The number of para-hydroxylation sites is 1. The second kappa shape index (κ2) is 8.61. The molecule has 1 atom stereocenters. The van der Waals surface area contributed by atoms with Crippen LogP contribution in [0.4, 0.5) is 5.69 Å². The van der Waals surface area contributed by atoms with Crippen molar-refractivity contribution in [2.75, 3.05) is 31.1 Å². The van der Waals surface area contributed by atoms with Gasteiger partial charge in [-0.1, -0.05) is 18.2 Å². The fourth-order valence-corrected chi connectivity index (χ4v) is 3.69. The van der Waals surface area contributed by atoms with Crippen LogP contribution in [0.2, 0.25) is 0 Å². The molecule has 6 nitrogen and oxygen atoms in total. The van der Waals surface area contributed by atoms with Crippen molar-refractivity contribution >= 4 is 11.6 Å². The van der Waals surface area contributed by atoms with E-state index in [4.69, 9.17) is 0 Å². The van der Waals surface area contributed by atoms with Gasteiger partial charge in [-0.2, -0.15) is 0 Å². The number of benzene rings is 1. The summed E-state index contributed by atoms with van der Waals surface area (Å²) in [5, 5.41) is 0. The van der Waals surface area contributed by atoms with Gasteiger partial charge in [0.05, 0.1) is 11.3 Å². The Bertz CT molecular complexity index is 889. The normalized spacial score (nSPS) is 17.2. The predicted molar refractivity (Wildman–Crippen MR) is 108 cm³/mol. The number of anilines is 1. The lowest BCUT2D eigenvalue weighted by Gasteiger charge is -2.25. The van der Waals surface area contributed by atoms with E-state index < -0.39 is 0 Å². The summed E-state index contributed by atoms with van der Waals surface area (Å²) >= 11 is 0. The van der Waals surface area contributed by atoms with Crippen LogP contribution in [0, 0.1) is 5.92 Å². The van der Waals surface area contributed by atoms with Crippen molar-refractivity contribution in [1.82, 2.24) is 19.9 Å². The van der Waals surface area contributed by atoms with Gasteiger partial charge in [-0.15, -0.1) is 0 Å². The maximum atomic E-state index is 13.0. The topological polar surface area (TPSA) is 62.2 Å². The standard InChI is InChI=1S/C22H23N5O/c28-22(19-5-4-8-23-14-19)27-12-11-26(21-6-2-1-3-7-21)16-18(17-27)13-20-15-24-9-10-25-20/h1-10,14-15,18H,11-13,16-17H2/t18-/m1/s1. The molecule has 0 N–H and O–H groups in total. The van der Waals surface area contributed by atoms with Gasteiger partial charge < -0.3 is 9.80 Å². The van der Waals surface area contributed by atoms with Gasteiger partial charge in [-0.25, -0.2) is 0 Å². The molecule has 142 valence electrons. The molecule has 2 aromatic heterocycles. The van der Waals surface area contributed by atoms with E-state index in [1.807, 2.05) is 23.2 Å². The Labute approximate surface area is 164 Å². The number of pyridine rings is 1. The van der Waals surface area contributed by atoms with Crippen molar-refractivity contribution in [2.24, 2.45) is 5.92 Å². The van der Waals surface area contributed by atoms with Crippen LogP contribution in [0.3, 0.4) is 0 Å². The van der Waals surface area contributed by atoms with Crippen LogP contribution in [0.5, 0.6) is 0 Å². The first kappa shape index (κ1) is 18.1. The minimum atomic E-state index is 0.0344. The van der Waals surface area contributed by atoms with E-state index >= 15 is 0 Å². The average molecular weight is 373 g/mol. The van der Waals surface area contributed by atoms with Gasteiger partial charge in [-0.05, 0) is 36.6 Å². The average Bonchev–Trinajstić information content (AvgIpc) is 2.98. The molecule has 1 aliphatic heterocycles. The van der Waals surface area contributed by atoms with E-state index in [2.05, 4.69) is 44.1 Å². The van der Waals surface area contributed by atoms with Crippen molar-refractivity contribution in [3.05, 3.63) is 84.7 Å². The highest BCUT2D eigenvalue weighted by Gasteiger charge is 2.27. The minimum Gasteiger partial charge on any atom is -0.369 e. The maximum Gasteiger partial charge on any atom is 0.255 e. The Kier molecular flexibility index (Phi) is 5.56. The summed E-state index contributed by atoms with van der Waals surface area (Å²) in [4.78, 5) is 30.1. The highest BCUT2D eigenvalue weighted by molar-refractivity contribution is 5.94. The van der Waals surface area contributed by atoms with Crippen LogP contribution in [0.25, 0.3) is 0 Å². The summed E-state index contributed by atoms with van der Waals surface area (Å²) in [7, 11) is 0. The number of nitrogens with zero attached hydrogens (tertiary/aromatic N) is 5. The van der Waals surface area contributed by atoms with Gasteiger partial charge in [0.2, 0.25) is 0 Å². The quantitative estimate of drug-likeness (QED) is 0.704. The van der Waals surface area contributed by atoms with Crippen LogP contribution < -0.4 is 4.90 Å². The molecular formula is C22H23N5O. The number of carbonyl (C=O) groups is 1. The molecule has 0 bridgehead atoms. The first-order valence-electron chi connectivity index (χ1n) is 9.54. The fourth-order valence-electron chi connectivity index (χ4n) is 3.69. The zero-order chi connectivity index (χ0) is 19.2. The maximum absolute atomic E-state index is 13.0. The van der Waals surface area contributed by atoms with Gasteiger partial charge in [0.25, 0.3) is 5.91 Å². The second-order valence-corrected chi connectivity index (χ2v) is 7.04. The molecule has 6 heteroatoms. The molecule has 0 spiro atoms. The third-order valence-corrected chi connectivity index (χ3v) is 5.03. The lowest BCUT2D eigenvalue weighted by Crippen LogP contribution is -2.36. The van der Waals surface area contributed by atoms with E-state index in [0.717, 1.165) is 25.2 Å². The number of rotatable bonds is 4. The van der Waals surface area contributed by atoms with Gasteiger partial charge in [0, 0.05) is 62.9 Å². The first-order chi connectivity index (χ1) is 13.8. The Balaban J connectivity index is 1.57. The zero-order valence-corrected chi connectivity index (χ0v) is 15.7. The summed E-state index contributed by atoms with van der Waals surface area (Å²) in [6.45, 7) is 3.04. The van der Waals surface area contributed by atoms with E-state index in [1.54, 1.807) is 30.9 Å². The van der Waals surface area contributed by atoms with Crippen LogP contribution >= 0.6 is 0 Å². The van der Waals surface area contributed by atoms with Crippen LogP contribution in [0.1, 0.15) is 16.1 Å². The van der Waals surface area contributed by atoms with Gasteiger partial charge in [0.1, 0.15) is 0 Å². The van der Waals surface area contributed by atoms with E-state index in [1.165, 1.54) is 5.69 Å². The molecule has 1 amide bonds. The molecule has 0 radical (unpaired) electrons. The van der Waals surface area contributed by atoms with Crippen molar-refractivity contribution < 1.29 is 4.79 Å². The van der Waals surface area contributed by atoms with Crippen molar-refractivity contribution in [1.29, 1.82) is 0 Å². The highest BCUT2D eigenvalue weighted by Crippen LogP contribution is 2.21. The van der Waals surface area contributed by atoms with E-state index in [-0.39, 0.29) is 11.8 Å². The Morgan fingerprint density at radius 3 is 2.54 bits per heavy atom. The smallest absolute Gasteiger partial charge is 0.255 e. The molecule has 1 fully saturated rings. The molecule has 0 saturated carbocycles. The largest absolute Gasteiger partial charge is 0.369 e. The summed E-state index contributed by atoms with van der Waals surface area (Å²) < 4.78 is 0. The third-order valence-electron chi connectivity index (χ3n) is 5.03. The van der Waals surface area contributed by atoms with Crippen LogP contribution in [-0.2, 0) is 6.42 Å². The molecular weight excluding hydrogens is 350 g/mol. The summed E-state index contributed by atoms with van der Waals surface area (Å²) in [5.41, 5.74) is 2.77. The van der Waals surface area contributed by atoms with Crippen LogP contribution in [-0.4, -0.2) is 51.9 Å². The van der Waals surface area contributed by atoms with Crippen molar-refractivity contribution in [3.63, 3.8) is 0 Å². The molecule has 1 saturated heterocycles. The van der Waals surface area contributed by atoms with Crippen molar-refractivity contribution in [2.45, 2.75) is 6.42 Å². The number of hydrogen-bond donors (Lipinski definition) is 0. The molecule has 4 rings (SSSR count). The predicted octanol–water partition coefficient (Wildman–Crippen LogP) is 2.69. The molecule has 1 aliphatic rings. The van der Waals surface area contributed by atoms with Gasteiger partial charge in [-0.3, -0.25) is 19.7 Å². The summed E-state index contributed by atoms with van der Waals surface area (Å²) in [6.07, 6.45) is 9.33. The zero-order valence-electron chi connectivity index (χ0n) is 15.7. The van der Waals surface area contributed by atoms with Crippen LogP contribution in [0.15, 0.2) is 73.4 Å². The lowest BCUT2D eigenvalue weighted by atomic mass is 10.0. The summed E-state index contributed by atoms with van der Waals surface area (Å²) in [6, 6.07) is 14.0. The number of hydrogen-bond acceptors (Lipinski definition) is 5. The molecule has 0 unspecified atom stereocenters. The Morgan fingerprint density at radius 1 is 0.929 bits per heavy atom.